The minimum Gasteiger partial charge on any atom is -0.212 e. The van der Waals surface area contributed by atoms with Crippen LogP contribution in [0.4, 0.5) is 4.39 Å². The molecule has 0 radical (unpaired) electrons. The van der Waals surface area contributed by atoms with Gasteiger partial charge in [-0.2, -0.15) is 0 Å². The van der Waals surface area contributed by atoms with E-state index in [0.717, 1.165) is 6.42 Å². The highest BCUT2D eigenvalue weighted by Gasteiger charge is 2.00. The Hall–Kier alpha value is 0.140. The van der Waals surface area contributed by atoms with Gasteiger partial charge in [-0.15, -0.1) is 0 Å². The lowest BCUT2D eigenvalue weighted by Crippen LogP contribution is -1.81. The molecular formula is C6H6FI. The number of rotatable bonds is 0. The molecule has 0 atom stereocenters. The van der Waals surface area contributed by atoms with Crippen LogP contribution >= 0.6 is 22.6 Å². The molecule has 0 N–H and O–H groups in total. The maximum atomic E-state index is 12.2. The Morgan fingerprint density at radius 2 is 2.12 bits per heavy atom. The first kappa shape index (κ1) is 6.26. The van der Waals surface area contributed by atoms with E-state index in [1.165, 1.54) is 9.66 Å². The van der Waals surface area contributed by atoms with Crippen molar-refractivity contribution < 1.29 is 4.39 Å². The van der Waals surface area contributed by atoms with Gasteiger partial charge in [0, 0.05) is 6.42 Å². The highest BCUT2D eigenvalue weighted by atomic mass is 127. The molecule has 1 aliphatic carbocycles. The normalized spacial score (nSPS) is 19.8. The van der Waals surface area contributed by atoms with Crippen molar-refractivity contribution in [3.63, 3.8) is 0 Å². The molecule has 0 saturated heterocycles. The van der Waals surface area contributed by atoms with Gasteiger partial charge in [-0.05, 0) is 38.7 Å². The summed E-state index contributed by atoms with van der Waals surface area (Å²) in [5.41, 5.74) is 0. The van der Waals surface area contributed by atoms with Crippen molar-refractivity contribution in [3.05, 3.63) is 21.6 Å². The second kappa shape index (κ2) is 2.62. The molecule has 0 amide bonds. The van der Waals surface area contributed by atoms with Crippen LogP contribution in [0.15, 0.2) is 21.6 Å². The molecule has 0 heterocycles. The molecular weight excluding hydrogens is 218 g/mol. The van der Waals surface area contributed by atoms with Crippen LogP contribution in [0.3, 0.4) is 0 Å². The number of halogens is 2. The zero-order valence-electron chi connectivity index (χ0n) is 4.32. The van der Waals surface area contributed by atoms with Crippen LogP contribution in [0.5, 0.6) is 0 Å². The van der Waals surface area contributed by atoms with Gasteiger partial charge in [0.25, 0.3) is 0 Å². The molecule has 0 nitrogen and oxygen atoms in total. The molecule has 1 aliphatic rings. The highest BCUT2D eigenvalue weighted by Crippen LogP contribution is 2.22. The van der Waals surface area contributed by atoms with E-state index in [0.29, 0.717) is 6.42 Å². The van der Waals surface area contributed by atoms with Crippen molar-refractivity contribution in [1.82, 2.24) is 0 Å². The molecule has 0 aliphatic heterocycles. The van der Waals surface area contributed by atoms with Gasteiger partial charge in [0.2, 0.25) is 0 Å². The minimum atomic E-state index is 0.00501. The first-order valence-electron chi connectivity index (χ1n) is 2.50. The third-order valence-corrected chi connectivity index (χ3v) is 1.95. The molecule has 8 heavy (non-hydrogen) atoms. The van der Waals surface area contributed by atoms with E-state index < -0.39 is 0 Å². The van der Waals surface area contributed by atoms with E-state index in [1.54, 1.807) is 0 Å². The molecule has 0 aromatic rings. The summed E-state index contributed by atoms with van der Waals surface area (Å²) in [7, 11) is 0. The SMILES string of the molecule is FC1=CC=C(I)CC1. The van der Waals surface area contributed by atoms with E-state index in [9.17, 15) is 4.39 Å². The quantitative estimate of drug-likeness (QED) is 0.555. The predicted molar refractivity (Wildman–Crippen MR) is 40.5 cm³/mol. The van der Waals surface area contributed by atoms with Gasteiger partial charge in [-0.3, -0.25) is 0 Å². The van der Waals surface area contributed by atoms with Crippen molar-refractivity contribution in [1.29, 1.82) is 0 Å². The van der Waals surface area contributed by atoms with Crippen LogP contribution in [0.1, 0.15) is 12.8 Å². The Labute approximate surface area is 61.6 Å². The predicted octanol–water partition coefficient (Wildman–Crippen LogP) is 2.95. The fourth-order valence-electron chi connectivity index (χ4n) is 0.586. The summed E-state index contributed by atoms with van der Waals surface area (Å²) < 4.78 is 13.4. The Morgan fingerprint density at radius 3 is 2.50 bits per heavy atom. The number of hydrogen-bond acceptors (Lipinski definition) is 0. The molecule has 0 spiro atoms. The second-order valence-corrected chi connectivity index (χ2v) is 3.11. The third kappa shape index (κ3) is 1.58. The zero-order valence-corrected chi connectivity index (χ0v) is 6.48. The molecule has 0 aromatic heterocycles. The van der Waals surface area contributed by atoms with E-state index in [4.69, 9.17) is 0 Å². The van der Waals surface area contributed by atoms with Gasteiger partial charge in [0.05, 0.1) is 0 Å². The van der Waals surface area contributed by atoms with Crippen molar-refractivity contribution in [2.45, 2.75) is 12.8 Å². The van der Waals surface area contributed by atoms with Gasteiger partial charge in [0.15, 0.2) is 0 Å². The van der Waals surface area contributed by atoms with Crippen LogP contribution in [-0.2, 0) is 0 Å². The maximum Gasteiger partial charge on any atom is 0.100 e. The summed E-state index contributed by atoms with van der Waals surface area (Å²) in [6.07, 6.45) is 4.82. The topological polar surface area (TPSA) is 0 Å². The van der Waals surface area contributed by atoms with Gasteiger partial charge in [-0.25, -0.2) is 4.39 Å². The Bertz CT molecular complexity index is 129. The summed E-state index contributed by atoms with van der Waals surface area (Å²) in [5, 5.41) is 0. The van der Waals surface area contributed by atoms with Crippen LogP contribution < -0.4 is 0 Å². The molecule has 44 valence electrons. The van der Waals surface area contributed by atoms with E-state index in [1.807, 2.05) is 6.08 Å². The van der Waals surface area contributed by atoms with Crippen LogP contribution in [0, 0.1) is 0 Å². The fourth-order valence-corrected chi connectivity index (χ4v) is 1.04. The van der Waals surface area contributed by atoms with Gasteiger partial charge >= 0.3 is 0 Å². The summed E-state index contributed by atoms with van der Waals surface area (Å²) in [5.74, 6) is 0.00501. The van der Waals surface area contributed by atoms with E-state index in [2.05, 4.69) is 22.6 Å². The lowest BCUT2D eigenvalue weighted by molar-refractivity contribution is 0.587. The van der Waals surface area contributed by atoms with E-state index in [-0.39, 0.29) is 5.83 Å². The summed E-state index contributed by atoms with van der Waals surface area (Å²) in [6, 6.07) is 0. The average Bonchev–Trinajstić information content (AvgIpc) is 1.77. The summed E-state index contributed by atoms with van der Waals surface area (Å²) in [4.78, 5) is 0. The molecule has 0 fully saturated rings. The van der Waals surface area contributed by atoms with Gasteiger partial charge in [-0.1, -0.05) is 6.08 Å². The molecule has 0 bridgehead atoms. The van der Waals surface area contributed by atoms with Crippen molar-refractivity contribution in [2.24, 2.45) is 0 Å². The lowest BCUT2D eigenvalue weighted by atomic mass is 10.2. The number of hydrogen-bond donors (Lipinski definition) is 0. The number of allylic oxidation sites excluding steroid dienone is 4. The fraction of sp³-hybridized carbons (Fsp3) is 0.333. The average molecular weight is 224 g/mol. The van der Waals surface area contributed by atoms with Crippen molar-refractivity contribution in [2.75, 3.05) is 0 Å². The Kier molecular flexibility index (Phi) is 2.05. The van der Waals surface area contributed by atoms with Crippen molar-refractivity contribution in [3.8, 4) is 0 Å². The van der Waals surface area contributed by atoms with Crippen LogP contribution in [0.25, 0.3) is 0 Å². The zero-order chi connectivity index (χ0) is 5.98. The molecule has 0 aromatic carbocycles. The smallest absolute Gasteiger partial charge is 0.100 e. The standard InChI is InChI=1S/C6H6FI/c7-5-1-3-6(8)4-2-5/h1,3H,2,4H2. The Morgan fingerprint density at radius 1 is 1.38 bits per heavy atom. The third-order valence-electron chi connectivity index (χ3n) is 1.05. The molecule has 2 heteroatoms. The van der Waals surface area contributed by atoms with E-state index >= 15 is 0 Å². The molecule has 0 unspecified atom stereocenters. The first-order chi connectivity index (χ1) is 3.79. The van der Waals surface area contributed by atoms with Gasteiger partial charge in [0.1, 0.15) is 5.83 Å². The lowest BCUT2D eigenvalue weighted by Gasteiger charge is -2.01. The minimum absolute atomic E-state index is 0.00501. The first-order valence-corrected chi connectivity index (χ1v) is 3.57. The van der Waals surface area contributed by atoms with Crippen LogP contribution in [-0.4, -0.2) is 0 Å². The molecule has 0 saturated carbocycles. The summed E-state index contributed by atoms with van der Waals surface area (Å²) >= 11 is 2.22. The second-order valence-electron chi connectivity index (χ2n) is 1.73. The maximum absolute atomic E-state index is 12.2. The largest absolute Gasteiger partial charge is 0.212 e. The monoisotopic (exact) mass is 224 g/mol. The van der Waals surface area contributed by atoms with Gasteiger partial charge < -0.3 is 0 Å². The highest BCUT2D eigenvalue weighted by molar-refractivity contribution is 14.1. The summed E-state index contributed by atoms with van der Waals surface area (Å²) in [6.45, 7) is 0. The Balaban J connectivity index is 2.65. The van der Waals surface area contributed by atoms with Crippen molar-refractivity contribution >= 4 is 22.6 Å². The van der Waals surface area contributed by atoms with Crippen LogP contribution in [0.2, 0.25) is 0 Å². The molecule has 1 rings (SSSR count).